The van der Waals surface area contributed by atoms with Crippen LogP contribution in [0.15, 0.2) is 18.2 Å². The lowest BCUT2D eigenvalue weighted by molar-refractivity contribution is -0.384. The number of hydrogen-bond donors (Lipinski definition) is 0. The molecule has 1 fully saturated rings. The van der Waals surface area contributed by atoms with Gasteiger partial charge < -0.3 is 9.47 Å². The molecule has 0 bridgehead atoms. The van der Waals surface area contributed by atoms with Crippen LogP contribution in [0.3, 0.4) is 0 Å². The van der Waals surface area contributed by atoms with Crippen molar-refractivity contribution in [3.63, 3.8) is 0 Å². The van der Waals surface area contributed by atoms with E-state index in [-0.39, 0.29) is 22.9 Å². The van der Waals surface area contributed by atoms with E-state index >= 15 is 0 Å². The summed E-state index contributed by atoms with van der Waals surface area (Å²) in [7, 11) is 0. The molecule has 7 heteroatoms. The Labute approximate surface area is 108 Å². The molecule has 0 aliphatic carbocycles. The van der Waals surface area contributed by atoms with Crippen molar-refractivity contribution >= 4 is 11.7 Å². The fourth-order valence-corrected chi connectivity index (χ4v) is 1.74. The molecule has 7 nitrogen and oxygen atoms in total. The molecule has 1 aliphatic rings. The molecule has 1 saturated heterocycles. The van der Waals surface area contributed by atoms with Crippen LogP contribution in [0.4, 0.5) is 5.69 Å². The van der Waals surface area contributed by atoms with Crippen LogP contribution >= 0.6 is 0 Å². The van der Waals surface area contributed by atoms with E-state index in [1.807, 2.05) is 0 Å². The predicted octanol–water partition coefficient (Wildman–Crippen LogP) is 1.41. The summed E-state index contributed by atoms with van der Waals surface area (Å²) >= 11 is 0. The molecule has 1 atom stereocenters. The Bertz CT molecular complexity index is 558. The van der Waals surface area contributed by atoms with Gasteiger partial charge in [-0.1, -0.05) is 0 Å². The molecule has 1 aliphatic heterocycles. The number of ether oxygens (including phenoxy) is 2. The van der Waals surface area contributed by atoms with Gasteiger partial charge in [0.2, 0.25) is 0 Å². The van der Waals surface area contributed by atoms with Crippen molar-refractivity contribution in [3.05, 3.63) is 39.4 Å². The molecular weight excluding hydrogens is 252 g/mol. The third-order valence-corrected chi connectivity index (χ3v) is 2.72. The minimum Gasteiger partial charge on any atom is -0.456 e. The molecule has 2 rings (SSSR count). The molecule has 19 heavy (non-hydrogen) atoms. The summed E-state index contributed by atoms with van der Waals surface area (Å²) in [5.41, 5.74) is -0.282. The van der Waals surface area contributed by atoms with Gasteiger partial charge in [-0.25, -0.2) is 4.79 Å². The number of carbonyl (C=O) groups excluding carboxylic acids is 1. The lowest BCUT2D eigenvalue weighted by Crippen LogP contribution is -2.18. The highest BCUT2D eigenvalue weighted by Gasteiger charge is 2.23. The first-order chi connectivity index (χ1) is 9.11. The molecule has 0 amide bonds. The number of nitrogens with zero attached hydrogens (tertiary/aromatic N) is 2. The zero-order valence-corrected chi connectivity index (χ0v) is 9.87. The highest BCUT2D eigenvalue weighted by Crippen LogP contribution is 2.19. The quantitative estimate of drug-likeness (QED) is 0.463. The Hall–Kier alpha value is -2.46. The summed E-state index contributed by atoms with van der Waals surface area (Å²) in [6.07, 6.45) is 0.287. The van der Waals surface area contributed by atoms with E-state index in [0.717, 1.165) is 6.07 Å². The number of carbonyl (C=O) groups is 1. The molecule has 1 heterocycles. The summed E-state index contributed by atoms with van der Waals surface area (Å²) in [4.78, 5) is 21.8. The third kappa shape index (κ3) is 2.86. The number of non-ortho nitro benzene ring substituents is 1. The third-order valence-electron chi connectivity index (χ3n) is 2.72. The van der Waals surface area contributed by atoms with Gasteiger partial charge in [-0.2, -0.15) is 5.26 Å². The van der Waals surface area contributed by atoms with Crippen LogP contribution in [0.2, 0.25) is 0 Å². The summed E-state index contributed by atoms with van der Waals surface area (Å²) in [5.74, 6) is -0.665. The van der Waals surface area contributed by atoms with Gasteiger partial charge in [0.25, 0.3) is 5.69 Å². The number of nitro benzene ring substituents is 1. The first kappa shape index (κ1) is 13.0. The molecule has 0 N–H and O–H groups in total. The maximum Gasteiger partial charge on any atom is 0.339 e. The van der Waals surface area contributed by atoms with Crippen LogP contribution in [-0.4, -0.2) is 30.2 Å². The SMILES string of the molecule is N#Cc1cc([N+](=O)[O-])ccc1C(=O)OC1CCOC1. The molecule has 98 valence electrons. The van der Waals surface area contributed by atoms with E-state index in [9.17, 15) is 14.9 Å². The molecule has 0 spiro atoms. The summed E-state index contributed by atoms with van der Waals surface area (Å²) in [6.45, 7) is 0.865. The maximum atomic E-state index is 11.9. The molecule has 0 saturated carbocycles. The number of esters is 1. The fourth-order valence-electron chi connectivity index (χ4n) is 1.74. The van der Waals surface area contributed by atoms with Crippen LogP contribution in [0.25, 0.3) is 0 Å². The minimum absolute atomic E-state index is 0.0278. The number of nitro groups is 1. The lowest BCUT2D eigenvalue weighted by atomic mass is 10.1. The fraction of sp³-hybridized carbons (Fsp3) is 0.333. The second kappa shape index (κ2) is 5.46. The maximum absolute atomic E-state index is 11.9. The smallest absolute Gasteiger partial charge is 0.339 e. The minimum atomic E-state index is -0.665. The van der Waals surface area contributed by atoms with Gasteiger partial charge in [0.15, 0.2) is 0 Å². The Morgan fingerprint density at radius 1 is 1.58 bits per heavy atom. The van der Waals surface area contributed by atoms with Gasteiger partial charge in [0.05, 0.1) is 29.3 Å². The van der Waals surface area contributed by atoms with Gasteiger partial charge in [0, 0.05) is 18.6 Å². The zero-order chi connectivity index (χ0) is 13.8. The molecule has 0 radical (unpaired) electrons. The van der Waals surface area contributed by atoms with Crippen molar-refractivity contribution in [3.8, 4) is 6.07 Å². The topological polar surface area (TPSA) is 102 Å². The van der Waals surface area contributed by atoms with Crippen molar-refractivity contribution in [2.75, 3.05) is 13.2 Å². The molecular formula is C12H10N2O5. The van der Waals surface area contributed by atoms with Crippen molar-refractivity contribution in [1.82, 2.24) is 0 Å². The van der Waals surface area contributed by atoms with Crippen molar-refractivity contribution < 1.29 is 19.2 Å². The van der Waals surface area contributed by atoms with E-state index in [1.165, 1.54) is 12.1 Å². The Morgan fingerprint density at radius 2 is 2.37 bits per heavy atom. The molecule has 1 aromatic rings. The van der Waals surface area contributed by atoms with Crippen LogP contribution < -0.4 is 0 Å². The lowest BCUT2D eigenvalue weighted by Gasteiger charge is -2.10. The van der Waals surface area contributed by atoms with Crippen LogP contribution in [0.1, 0.15) is 22.3 Å². The summed E-state index contributed by atoms with van der Waals surface area (Å²) in [6, 6.07) is 5.22. The number of hydrogen-bond acceptors (Lipinski definition) is 6. The van der Waals surface area contributed by atoms with Crippen LogP contribution in [0, 0.1) is 21.4 Å². The average molecular weight is 262 g/mol. The van der Waals surface area contributed by atoms with Gasteiger partial charge in [-0.05, 0) is 6.07 Å². The average Bonchev–Trinajstić information content (AvgIpc) is 2.90. The first-order valence-corrected chi connectivity index (χ1v) is 5.59. The Kier molecular flexibility index (Phi) is 3.73. The van der Waals surface area contributed by atoms with Gasteiger partial charge in [0.1, 0.15) is 12.2 Å². The number of nitriles is 1. The summed E-state index contributed by atoms with van der Waals surface area (Å²) in [5, 5.41) is 19.5. The van der Waals surface area contributed by atoms with E-state index in [0.29, 0.717) is 19.6 Å². The predicted molar refractivity (Wildman–Crippen MR) is 62.5 cm³/mol. The van der Waals surface area contributed by atoms with Gasteiger partial charge in [-0.3, -0.25) is 10.1 Å². The summed E-state index contributed by atoms with van der Waals surface area (Å²) < 4.78 is 10.2. The number of rotatable bonds is 3. The van der Waals surface area contributed by atoms with E-state index in [1.54, 1.807) is 6.07 Å². The van der Waals surface area contributed by atoms with E-state index in [2.05, 4.69) is 0 Å². The van der Waals surface area contributed by atoms with Gasteiger partial charge in [-0.15, -0.1) is 0 Å². The van der Waals surface area contributed by atoms with Gasteiger partial charge >= 0.3 is 5.97 Å². The van der Waals surface area contributed by atoms with E-state index < -0.39 is 10.9 Å². The molecule has 1 aromatic carbocycles. The highest BCUT2D eigenvalue weighted by atomic mass is 16.6. The van der Waals surface area contributed by atoms with Crippen LogP contribution in [0.5, 0.6) is 0 Å². The Balaban J connectivity index is 2.21. The normalized spacial score (nSPS) is 17.7. The molecule has 1 unspecified atom stereocenters. The standard InChI is InChI=1S/C12H10N2O5/c13-6-8-5-9(14(16)17)1-2-11(8)12(15)19-10-3-4-18-7-10/h1-2,5,10H,3-4,7H2. The molecule has 0 aromatic heterocycles. The first-order valence-electron chi connectivity index (χ1n) is 5.59. The second-order valence-electron chi connectivity index (χ2n) is 3.99. The highest BCUT2D eigenvalue weighted by molar-refractivity contribution is 5.92. The van der Waals surface area contributed by atoms with Crippen molar-refractivity contribution in [2.45, 2.75) is 12.5 Å². The van der Waals surface area contributed by atoms with Crippen molar-refractivity contribution in [1.29, 1.82) is 5.26 Å². The zero-order valence-electron chi connectivity index (χ0n) is 9.87. The Morgan fingerprint density at radius 3 is 2.95 bits per heavy atom. The number of benzene rings is 1. The second-order valence-corrected chi connectivity index (χ2v) is 3.99. The van der Waals surface area contributed by atoms with E-state index in [4.69, 9.17) is 14.7 Å². The van der Waals surface area contributed by atoms with Crippen molar-refractivity contribution in [2.24, 2.45) is 0 Å². The van der Waals surface area contributed by atoms with Crippen LogP contribution in [-0.2, 0) is 9.47 Å². The largest absolute Gasteiger partial charge is 0.456 e. The monoisotopic (exact) mass is 262 g/mol.